The van der Waals surface area contributed by atoms with Gasteiger partial charge in [0.05, 0.1) is 5.60 Å². The van der Waals surface area contributed by atoms with E-state index in [2.05, 4.69) is 63.2 Å². The quantitative estimate of drug-likeness (QED) is 0.513. The van der Waals surface area contributed by atoms with E-state index in [0.29, 0.717) is 0 Å². The smallest absolute Gasteiger partial charge is 0.393 e. The van der Waals surface area contributed by atoms with Crippen LogP contribution in [0.5, 0.6) is 0 Å². The standard InChI is InChI=1S/C18H24O2Si/c1-4-13-18(3,20-21-19-14-5-2)17-12-8-10-15-9-6-7-11-16(15)17/h6-12H,4-5,13-14H2,1-3H3. The van der Waals surface area contributed by atoms with Gasteiger partial charge >= 0.3 is 10.0 Å². The minimum absolute atomic E-state index is 0.0969. The van der Waals surface area contributed by atoms with Crippen molar-refractivity contribution < 1.29 is 8.85 Å². The molecule has 0 N–H and O–H groups in total. The van der Waals surface area contributed by atoms with Crippen molar-refractivity contribution >= 4 is 20.8 Å². The van der Waals surface area contributed by atoms with E-state index in [1.165, 1.54) is 16.3 Å². The fourth-order valence-electron chi connectivity index (χ4n) is 2.67. The fourth-order valence-corrected chi connectivity index (χ4v) is 3.41. The lowest BCUT2D eigenvalue weighted by molar-refractivity contribution is 0.0536. The molecule has 0 bridgehead atoms. The lowest BCUT2D eigenvalue weighted by atomic mass is 9.87. The number of fused-ring (bicyclic) bond motifs is 1. The molecule has 21 heavy (non-hydrogen) atoms. The summed E-state index contributed by atoms with van der Waals surface area (Å²) in [4.78, 5) is 0. The Balaban J connectivity index is 2.30. The molecule has 0 aliphatic carbocycles. The molecule has 3 heteroatoms. The third-order valence-corrected chi connectivity index (χ3v) is 4.57. The van der Waals surface area contributed by atoms with E-state index >= 15 is 0 Å². The highest BCUT2D eigenvalue weighted by Crippen LogP contribution is 2.35. The van der Waals surface area contributed by atoms with Gasteiger partial charge in [0.2, 0.25) is 0 Å². The van der Waals surface area contributed by atoms with Crippen molar-refractivity contribution in [3.05, 3.63) is 48.0 Å². The Hall–Kier alpha value is -1.16. The summed E-state index contributed by atoms with van der Waals surface area (Å²) in [6.07, 6.45) is 3.09. The molecule has 0 saturated carbocycles. The van der Waals surface area contributed by atoms with Crippen LogP contribution < -0.4 is 0 Å². The minimum atomic E-state index is -0.290. The largest absolute Gasteiger partial charge is 0.434 e. The Bertz CT molecular complexity index is 565. The van der Waals surface area contributed by atoms with Crippen molar-refractivity contribution in [2.45, 2.75) is 45.6 Å². The first-order valence-corrected chi connectivity index (χ1v) is 8.56. The number of hydrogen-bond donors (Lipinski definition) is 0. The van der Waals surface area contributed by atoms with Crippen LogP contribution in [0.4, 0.5) is 0 Å². The number of rotatable bonds is 8. The Morgan fingerprint density at radius 2 is 1.76 bits per heavy atom. The highest BCUT2D eigenvalue weighted by atomic mass is 28.3. The fraction of sp³-hybridized carbons (Fsp3) is 0.444. The Labute approximate surface area is 130 Å². The molecule has 2 aromatic carbocycles. The summed E-state index contributed by atoms with van der Waals surface area (Å²) in [5, 5.41) is 2.54. The molecule has 0 saturated heterocycles. The topological polar surface area (TPSA) is 18.5 Å². The summed E-state index contributed by atoms with van der Waals surface area (Å²) in [7, 11) is 0.0969. The minimum Gasteiger partial charge on any atom is -0.393 e. The first kappa shape index (κ1) is 16.2. The zero-order valence-corrected chi connectivity index (χ0v) is 14.2. The third-order valence-electron chi connectivity index (χ3n) is 3.72. The average Bonchev–Trinajstić information content (AvgIpc) is 2.51. The van der Waals surface area contributed by atoms with Gasteiger partial charge in [-0.05, 0) is 36.1 Å². The maximum absolute atomic E-state index is 6.17. The zero-order valence-electron chi connectivity index (χ0n) is 13.2. The molecule has 0 spiro atoms. The monoisotopic (exact) mass is 300 g/mol. The van der Waals surface area contributed by atoms with Crippen LogP contribution in [0, 0.1) is 0 Å². The van der Waals surface area contributed by atoms with Crippen LogP contribution in [-0.2, 0) is 14.5 Å². The van der Waals surface area contributed by atoms with Crippen molar-refractivity contribution in [1.29, 1.82) is 0 Å². The summed E-state index contributed by atoms with van der Waals surface area (Å²) in [5.41, 5.74) is 0.969. The van der Waals surface area contributed by atoms with Gasteiger partial charge in [0.1, 0.15) is 0 Å². The highest BCUT2D eigenvalue weighted by molar-refractivity contribution is 6.18. The molecule has 2 rings (SSSR count). The second-order valence-electron chi connectivity index (χ2n) is 5.54. The van der Waals surface area contributed by atoms with Crippen molar-refractivity contribution in [3.8, 4) is 0 Å². The van der Waals surface area contributed by atoms with Gasteiger partial charge in [-0.15, -0.1) is 0 Å². The summed E-state index contributed by atoms with van der Waals surface area (Å²) in [5.74, 6) is 0. The van der Waals surface area contributed by atoms with Crippen LogP contribution in [0.2, 0.25) is 0 Å². The van der Waals surface area contributed by atoms with Gasteiger partial charge in [-0.1, -0.05) is 62.7 Å². The van der Waals surface area contributed by atoms with Gasteiger partial charge in [-0.2, -0.15) is 0 Å². The molecule has 0 heterocycles. The lowest BCUT2D eigenvalue weighted by Gasteiger charge is -2.31. The van der Waals surface area contributed by atoms with Gasteiger partial charge in [-0.25, -0.2) is 0 Å². The zero-order chi connectivity index (χ0) is 15.1. The van der Waals surface area contributed by atoms with Crippen molar-refractivity contribution in [2.24, 2.45) is 0 Å². The molecule has 0 aliphatic heterocycles. The van der Waals surface area contributed by atoms with Crippen LogP contribution in [-0.4, -0.2) is 16.6 Å². The van der Waals surface area contributed by atoms with Crippen LogP contribution >= 0.6 is 0 Å². The third kappa shape index (κ3) is 3.94. The van der Waals surface area contributed by atoms with Gasteiger partial charge in [-0.3, -0.25) is 0 Å². The maximum Gasteiger partial charge on any atom is 0.434 e. The van der Waals surface area contributed by atoms with Crippen LogP contribution in [0.3, 0.4) is 0 Å². The molecule has 0 aliphatic rings. The average molecular weight is 300 g/mol. The van der Waals surface area contributed by atoms with Crippen LogP contribution in [0.25, 0.3) is 10.8 Å². The molecular formula is C18H24O2Si. The van der Waals surface area contributed by atoms with E-state index in [-0.39, 0.29) is 15.6 Å². The lowest BCUT2D eigenvalue weighted by Crippen LogP contribution is -2.29. The molecule has 2 radical (unpaired) electrons. The molecule has 0 amide bonds. The van der Waals surface area contributed by atoms with Gasteiger partial charge in [0, 0.05) is 6.61 Å². The molecule has 1 atom stereocenters. The van der Waals surface area contributed by atoms with E-state index < -0.39 is 0 Å². The molecular weight excluding hydrogens is 276 g/mol. The highest BCUT2D eigenvalue weighted by Gasteiger charge is 2.28. The SMILES string of the molecule is CCCO[Si]OC(C)(CCC)c1cccc2ccccc12. The first-order valence-electron chi connectivity index (χ1n) is 7.74. The molecule has 1 unspecified atom stereocenters. The number of hydrogen-bond acceptors (Lipinski definition) is 2. The molecule has 0 fully saturated rings. The van der Waals surface area contributed by atoms with E-state index in [4.69, 9.17) is 8.85 Å². The Kier molecular flexibility index (Phi) is 5.97. The van der Waals surface area contributed by atoms with Crippen molar-refractivity contribution in [3.63, 3.8) is 0 Å². The second kappa shape index (κ2) is 7.73. The van der Waals surface area contributed by atoms with E-state index in [1.807, 2.05) is 0 Å². The van der Waals surface area contributed by atoms with E-state index in [0.717, 1.165) is 25.9 Å². The predicted octanol–water partition coefficient (Wildman–Crippen LogP) is 4.83. The van der Waals surface area contributed by atoms with Crippen molar-refractivity contribution in [1.82, 2.24) is 0 Å². The maximum atomic E-state index is 6.17. The Morgan fingerprint density at radius 3 is 2.52 bits per heavy atom. The molecule has 2 aromatic rings. The normalized spacial score (nSPS) is 14.2. The van der Waals surface area contributed by atoms with Gasteiger partial charge in [0.15, 0.2) is 0 Å². The van der Waals surface area contributed by atoms with Gasteiger partial charge in [0.25, 0.3) is 0 Å². The van der Waals surface area contributed by atoms with Crippen LogP contribution in [0.1, 0.15) is 45.6 Å². The van der Waals surface area contributed by atoms with Gasteiger partial charge < -0.3 is 8.85 Å². The van der Waals surface area contributed by atoms with E-state index in [1.54, 1.807) is 0 Å². The summed E-state index contributed by atoms with van der Waals surface area (Å²) in [6.45, 7) is 7.25. The molecule has 2 nitrogen and oxygen atoms in total. The summed E-state index contributed by atoms with van der Waals surface area (Å²) in [6, 6.07) is 15.0. The van der Waals surface area contributed by atoms with Crippen LogP contribution in [0.15, 0.2) is 42.5 Å². The number of benzene rings is 2. The Morgan fingerprint density at radius 1 is 1.00 bits per heavy atom. The predicted molar refractivity (Wildman–Crippen MR) is 89.3 cm³/mol. The van der Waals surface area contributed by atoms with Crippen molar-refractivity contribution in [2.75, 3.05) is 6.61 Å². The molecule has 0 aromatic heterocycles. The summed E-state index contributed by atoms with van der Waals surface area (Å²) >= 11 is 0. The second-order valence-corrected chi connectivity index (χ2v) is 6.20. The van der Waals surface area contributed by atoms with E-state index in [9.17, 15) is 0 Å². The molecule has 112 valence electrons. The first-order chi connectivity index (χ1) is 10.2. The summed E-state index contributed by atoms with van der Waals surface area (Å²) < 4.78 is 11.7.